The molecule has 0 aliphatic heterocycles. The molecule has 0 aliphatic carbocycles. The summed E-state index contributed by atoms with van der Waals surface area (Å²) in [6.07, 6.45) is 1.44. The summed E-state index contributed by atoms with van der Waals surface area (Å²) in [6.45, 7) is 0. The van der Waals surface area contributed by atoms with Crippen LogP contribution < -0.4 is 16.6 Å². The molecule has 0 aliphatic rings. The van der Waals surface area contributed by atoms with Gasteiger partial charge < -0.3 is 5.32 Å². The highest BCUT2D eigenvalue weighted by Gasteiger charge is 2.11. The average Bonchev–Trinajstić information content (AvgIpc) is 2.64. The van der Waals surface area contributed by atoms with Crippen molar-refractivity contribution in [1.29, 1.82) is 0 Å². The number of aryl methyl sites for hydroxylation is 1. The number of aromatic nitrogens is 3. The molecule has 0 spiro atoms. The van der Waals surface area contributed by atoms with E-state index in [1.54, 1.807) is 7.05 Å². The van der Waals surface area contributed by atoms with Crippen LogP contribution >= 0.6 is 11.8 Å². The van der Waals surface area contributed by atoms with Crippen LogP contribution in [-0.4, -0.2) is 25.8 Å². The number of nitrogens with zero attached hydrogens (tertiary/aromatic N) is 3. The number of carbonyl (C=O) groups excluding carboxylic acids is 1. The second-order valence-corrected chi connectivity index (χ2v) is 6.50. The van der Waals surface area contributed by atoms with E-state index in [1.165, 1.54) is 35.6 Å². The lowest BCUT2D eigenvalue weighted by atomic mass is 10.3. The maximum absolute atomic E-state index is 12.2. The summed E-state index contributed by atoms with van der Waals surface area (Å²) in [6, 6.07) is 11.1. The second-order valence-electron chi connectivity index (χ2n) is 5.45. The summed E-state index contributed by atoms with van der Waals surface area (Å²) >= 11 is 1.42. The van der Waals surface area contributed by atoms with Crippen LogP contribution in [0.4, 0.5) is 5.69 Å². The molecule has 1 aromatic carbocycles. The minimum absolute atomic E-state index is 0.198. The first-order chi connectivity index (χ1) is 12.0. The standard InChI is InChI=1S/C17H16N4O3S/c1-20-15-13(16(23)21(2)17(20)24)8-11(9-18-15)19-14(22)10-25-12-6-4-3-5-7-12/h3-9H,10H2,1-2H3,(H,19,22). The van der Waals surface area contributed by atoms with Crippen LogP contribution in [0.3, 0.4) is 0 Å². The van der Waals surface area contributed by atoms with Crippen molar-refractivity contribution < 1.29 is 4.79 Å². The molecular formula is C17H16N4O3S. The molecule has 7 nitrogen and oxygen atoms in total. The van der Waals surface area contributed by atoms with Crippen molar-refractivity contribution in [3.63, 3.8) is 0 Å². The Morgan fingerprint density at radius 2 is 1.88 bits per heavy atom. The molecule has 128 valence electrons. The van der Waals surface area contributed by atoms with Gasteiger partial charge in [-0.05, 0) is 18.2 Å². The number of nitrogens with one attached hydrogen (secondary N) is 1. The molecule has 0 unspecified atom stereocenters. The Balaban J connectivity index is 1.81. The minimum Gasteiger partial charge on any atom is -0.324 e. The molecule has 2 aromatic heterocycles. The molecule has 25 heavy (non-hydrogen) atoms. The number of carbonyl (C=O) groups is 1. The minimum atomic E-state index is -0.444. The second kappa shape index (κ2) is 6.94. The van der Waals surface area contributed by atoms with Gasteiger partial charge >= 0.3 is 5.69 Å². The van der Waals surface area contributed by atoms with Crippen molar-refractivity contribution in [2.45, 2.75) is 4.90 Å². The molecule has 3 rings (SSSR count). The van der Waals surface area contributed by atoms with Crippen LogP contribution in [0.5, 0.6) is 0 Å². The van der Waals surface area contributed by atoms with Crippen LogP contribution in [0.15, 0.2) is 57.1 Å². The van der Waals surface area contributed by atoms with E-state index in [0.29, 0.717) is 5.69 Å². The van der Waals surface area contributed by atoms with Crippen LogP contribution in [0.1, 0.15) is 0 Å². The van der Waals surface area contributed by atoms with Crippen molar-refractivity contribution in [3.8, 4) is 0 Å². The quantitative estimate of drug-likeness (QED) is 0.714. The lowest BCUT2D eigenvalue weighted by Gasteiger charge is -2.09. The van der Waals surface area contributed by atoms with E-state index in [4.69, 9.17) is 0 Å². The van der Waals surface area contributed by atoms with Crippen molar-refractivity contribution in [3.05, 3.63) is 63.4 Å². The zero-order valence-electron chi connectivity index (χ0n) is 13.7. The summed E-state index contributed by atoms with van der Waals surface area (Å²) in [5.74, 6) is 0.0458. The van der Waals surface area contributed by atoms with E-state index in [1.807, 2.05) is 30.3 Å². The Morgan fingerprint density at radius 1 is 1.16 bits per heavy atom. The van der Waals surface area contributed by atoms with Crippen molar-refractivity contribution >= 4 is 34.4 Å². The summed E-state index contributed by atoms with van der Waals surface area (Å²) in [5, 5.41) is 3.00. The van der Waals surface area contributed by atoms with Gasteiger partial charge in [0.15, 0.2) is 0 Å². The summed E-state index contributed by atoms with van der Waals surface area (Å²) < 4.78 is 2.31. The Morgan fingerprint density at radius 3 is 2.60 bits per heavy atom. The predicted octanol–water partition coefficient (Wildman–Crippen LogP) is 1.36. The number of hydrogen-bond acceptors (Lipinski definition) is 5. The van der Waals surface area contributed by atoms with Crippen LogP contribution in [-0.2, 0) is 18.9 Å². The van der Waals surface area contributed by atoms with Gasteiger partial charge in [0.2, 0.25) is 5.91 Å². The largest absolute Gasteiger partial charge is 0.332 e. The number of thioether (sulfide) groups is 1. The maximum Gasteiger partial charge on any atom is 0.332 e. The molecule has 0 saturated heterocycles. The van der Waals surface area contributed by atoms with Crippen molar-refractivity contribution in [2.24, 2.45) is 14.1 Å². The molecule has 1 N–H and O–H groups in total. The third kappa shape index (κ3) is 3.48. The summed E-state index contributed by atoms with van der Waals surface area (Å²) in [5.41, 5.74) is -0.187. The highest BCUT2D eigenvalue weighted by atomic mass is 32.2. The highest BCUT2D eigenvalue weighted by molar-refractivity contribution is 8.00. The molecule has 0 bridgehead atoms. The molecule has 3 aromatic rings. The van der Waals surface area contributed by atoms with Gasteiger partial charge in [-0.25, -0.2) is 9.78 Å². The Bertz CT molecular complexity index is 1060. The third-order valence-electron chi connectivity index (χ3n) is 3.69. The van der Waals surface area contributed by atoms with Gasteiger partial charge in [0.1, 0.15) is 5.65 Å². The fraction of sp³-hybridized carbons (Fsp3) is 0.176. The van der Waals surface area contributed by atoms with E-state index < -0.39 is 11.2 Å². The number of amides is 1. The smallest absolute Gasteiger partial charge is 0.324 e. The number of pyridine rings is 1. The number of hydrogen-bond donors (Lipinski definition) is 1. The first kappa shape index (κ1) is 17.0. The van der Waals surface area contributed by atoms with Gasteiger partial charge in [-0.3, -0.25) is 18.7 Å². The van der Waals surface area contributed by atoms with Crippen LogP contribution in [0, 0.1) is 0 Å². The third-order valence-corrected chi connectivity index (χ3v) is 4.70. The first-order valence-electron chi connectivity index (χ1n) is 7.51. The number of fused-ring (bicyclic) bond motifs is 1. The number of benzene rings is 1. The van der Waals surface area contributed by atoms with E-state index >= 15 is 0 Å². The van der Waals surface area contributed by atoms with Crippen molar-refractivity contribution in [1.82, 2.24) is 14.1 Å². The maximum atomic E-state index is 12.2. The zero-order valence-corrected chi connectivity index (χ0v) is 14.5. The first-order valence-corrected chi connectivity index (χ1v) is 8.49. The van der Waals surface area contributed by atoms with Crippen LogP contribution in [0.25, 0.3) is 11.0 Å². The number of rotatable bonds is 4. The fourth-order valence-electron chi connectivity index (χ4n) is 2.40. The van der Waals surface area contributed by atoms with Crippen molar-refractivity contribution in [2.75, 3.05) is 11.1 Å². The predicted molar refractivity (Wildman–Crippen MR) is 98.0 cm³/mol. The highest BCUT2D eigenvalue weighted by Crippen LogP contribution is 2.18. The lowest BCUT2D eigenvalue weighted by Crippen LogP contribution is -2.37. The molecule has 0 radical (unpaired) electrons. The van der Waals surface area contributed by atoms with Gasteiger partial charge in [-0.15, -0.1) is 11.8 Å². The number of anilines is 1. The van der Waals surface area contributed by atoms with Gasteiger partial charge in [0.25, 0.3) is 5.56 Å². The monoisotopic (exact) mass is 356 g/mol. The molecule has 0 atom stereocenters. The Hall–Kier alpha value is -2.87. The average molecular weight is 356 g/mol. The van der Waals surface area contributed by atoms with E-state index in [9.17, 15) is 14.4 Å². The van der Waals surface area contributed by atoms with E-state index in [2.05, 4.69) is 10.3 Å². The van der Waals surface area contributed by atoms with Gasteiger partial charge in [-0.1, -0.05) is 18.2 Å². The Labute approximate surface area is 147 Å². The molecule has 0 fully saturated rings. The van der Waals surface area contributed by atoms with E-state index in [0.717, 1.165) is 9.46 Å². The van der Waals surface area contributed by atoms with Gasteiger partial charge in [0.05, 0.1) is 23.0 Å². The van der Waals surface area contributed by atoms with E-state index in [-0.39, 0.29) is 22.7 Å². The van der Waals surface area contributed by atoms with Crippen LogP contribution in [0.2, 0.25) is 0 Å². The normalized spacial score (nSPS) is 10.8. The molecule has 0 saturated carbocycles. The van der Waals surface area contributed by atoms with Gasteiger partial charge in [0, 0.05) is 19.0 Å². The Kier molecular flexibility index (Phi) is 4.71. The molecule has 1 amide bonds. The SMILES string of the molecule is Cn1c(=O)c2cc(NC(=O)CSc3ccccc3)cnc2n(C)c1=O. The fourth-order valence-corrected chi connectivity index (χ4v) is 3.12. The molecule has 2 heterocycles. The molecule has 8 heteroatoms. The van der Waals surface area contributed by atoms with Gasteiger partial charge in [-0.2, -0.15) is 0 Å². The zero-order chi connectivity index (χ0) is 18.0. The topological polar surface area (TPSA) is 86.0 Å². The lowest BCUT2D eigenvalue weighted by molar-refractivity contribution is -0.113. The molecular weight excluding hydrogens is 340 g/mol. The summed E-state index contributed by atoms with van der Waals surface area (Å²) in [7, 11) is 2.96. The summed E-state index contributed by atoms with van der Waals surface area (Å²) in [4.78, 5) is 41.4.